The molecule has 0 saturated carbocycles. The Morgan fingerprint density at radius 2 is 1.67 bits per heavy atom. The number of carbonyl (C=O) groups is 3. The summed E-state index contributed by atoms with van der Waals surface area (Å²) < 4.78 is 0. The Hall–Kier alpha value is -4.06. The highest BCUT2D eigenvalue weighted by molar-refractivity contribution is 6.32. The molecular weight excluding hydrogens is 378 g/mol. The molecule has 0 unspecified atom stereocenters. The molecule has 0 bridgehead atoms. The number of rotatable bonds is 1. The second-order valence-electron chi connectivity index (χ2n) is 7.59. The van der Waals surface area contributed by atoms with Gasteiger partial charge in [-0.25, -0.2) is 0 Å². The molecule has 0 radical (unpaired) electrons. The first-order valence-electron chi connectivity index (χ1n) is 9.72. The van der Waals surface area contributed by atoms with Crippen LogP contribution < -0.4 is 5.32 Å². The van der Waals surface area contributed by atoms with Crippen molar-refractivity contribution in [2.45, 2.75) is 6.42 Å². The Labute approximate surface area is 171 Å². The molecule has 2 aliphatic rings. The fraction of sp³-hybridized carbons (Fsp3) is 0.0833. The van der Waals surface area contributed by atoms with Gasteiger partial charge in [0.2, 0.25) is 5.78 Å². The summed E-state index contributed by atoms with van der Waals surface area (Å²) in [6.45, 7) is 0.629. The number of amides is 1. The standard InChI is InChI=1S/C24H15N3O3/c28-22-18-11-25-7-6-16(18)23(29)21-20(22)17-10-13(2-4-19(17)27-21)12-1-3-15-14(9-12)5-8-26-24(15)30/h1-4,6-7,9-11,27H,5,8H2,(H,26,30). The molecule has 4 aromatic rings. The minimum atomic E-state index is -0.196. The van der Waals surface area contributed by atoms with E-state index < -0.39 is 0 Å². The Bertz CT molecular complexity index is 1430. The summed E-state index contributed by atoms with van der Waals surface area (Å²) in [5.41, 5.74) is 5.79. The topological polar surface area (TPSA) is 91.9 Å². The van der Waals surface area contributed by atoms with Crippen LogP contribution in [0.25, 0.3) is 22.0 Å². The SMILES string of the molecule is O=C1NCCc2cc(-c3ccc4[nH]c5c(c4c3)C(=O)c3cnccc3C5=O)ccc21. The van der Waals surface area contributed by atoms with Gasteiger partial charge in [-0.1, -0.05) is 18.2 Å². The van der Waals surface area contributed by atoms with Crippen LogP contribution in [-0.4, -0.2) is 34.0 Å². The normalized spacial score (nSPS) is 14.9. The Morgan fingerprint density at radius 3 is 2.57 bits per heavy atom. The van der Waals surface area contributed by atoms with E-state index in [-0.39, 0.29) is 17.5 Å². The number of pyridine rings is 1. The lowest BCUT2D eigenvalue weighted by Gasteiger charge is -2.17. The number of nitrogens with zero attached hydrogens (tertiary/aromatic N) is 1. The van der Waals surface area contributed by atoms with Gasteiger partial charge in [-0.05, 0) is 47.4 Å². The van der Waals surface area contributed by atoms with E-state index in [2.05, 4.69) is 15.3 Å². The molecule has 2 aromatic carbocycles. The van der Waals surface area contributed by atoms with E-state index in [1.54, 1.807) is 6.07 Å². The van der Waals surface area contributed by atoms with Gasteiger partial charge in [-0.3, -0.25) is 19.4 Å². The van der Waals surface area contributed by atoms with Crippen molar-refractivity contribution in [3.63, 3.8) is 0 Å². The Morgan fingerprint density at radius 1 is 0.833 bits per heavy atom. The van der Waals surface area contributed by atoms with E-state index in [4.69, 9.17) is 0 Å². The van der Waals surface area contributed by atoms with Crippen molar-refractivity contribution in [2.24, 2.45) is 0 Å². The third-order valence-corrected chi connectivity index (χ3v) is 5.93. The lowest BCUT2D eigenvalue weighted by atomic mass is 9.87. The molecule has 1 aliphatic heterocycles. The number of aromatic amines is 1. The number of hydrogen-bond donors (Lipinski definition) is 2. The van der Waals surface area contributed by atoms with Crippen LogP contribution in [0.15, 0.2) is 54.9 Å². The molecule has 0 saturated heterocycles. The van der Waals surface area contributed by atoms with Crippen LogP contribution in [0.4, 0.5) is 0 Å². The quantitative estimate of drug-likeness (QED) is 0.457. The van der Waals surface area contributed by atoms with Crippen molar-refractivity contribution < 1.29 is 14.4 Å². The summed E-state index contributed by atoms with van der Waals surface area (Å²) in [4.78, 5) is 45.2. The molecule has 0 fully saturated rings. The second kappa shape index (κ2) is 5.97. The first-order valence-corrected chi connectivity index (χ1v) is 9.72. The molecular formula is C24H15N3O3. The van der Waals surface area contributed by atoms with Crippen LogP contribution >= 0.6 is 0 Å². The van der Waals surface area contributed by atoms with Gasteiger partial charge in [0.05, 0.1) is 16.8 Å². The monoisotopic (exact) mass is 393 g/mol. The third-order valence-electron chi connectivity index (χ3n) is 5.93. The van der Waals surface area contributed by atoms with Crippen LogP contribution in [-0.2, 0) is 6.42 Å². The van der Waals surface area contributed by atoms with Crippen LogP contribution in [0.1, 0.15) is 47.9 Å². The molecule has 1 aliphatic carbocycles. The summed E-state index contributed by atoms with van der Waals surface area (Å²) in [5, 5.41) is 3.57. The number of benzene rings is 2. The van der Waals surface area contributed by atoms with Crippen LogP contribution in [0.3, 0.4) is 0 Å². The molecule has 6 heteroatoms. The predicted octanol–water partition coefficient (Wildman–Crippen LogP) is 3.29. The number of ketones is 2. The van der Waals surface area contributed by atoms with E-state index in [1.165, 1.54) is 12.4 Å². The fourth-order valence-electron chi connectivity index (χ4n) is 4.43. The van der Waals surface area contributed by atoms with Crippen LogP contribution in [0, 0.1) is 0 Å². The first-order chi connectivity index (χ1) is 14.6. The van der Waals surface area contributed by atoms with Crippen LogP contribution in [0.2, 0.25) is 0 Å². The largest absolute Gasteiger partial charge is 0.352 e. The number of hydrogen-bond acceptors (Lipinski definition) is 4. The zero-order valence-corrected chi connectivity index (χ0v) is 15.8. The maximum absolute atomic E-state index is 13.1. The van der Waals surface area contributed by atoms with Gasteiger partial charge in [0.15, 0.2) is 5.78 Å². The first kappa shape index (κ1) is 16.9. The van der Waals surface area contributed by atoms with E-state index in [0.717, 1.165) is 28.6 Å². The average Bonchev–Trinajstić information content (AvgIpc) is 3.17. The minimum Gasteiger partial charge on any atom is -0.352 e. The average molecular weight is 393 g/mol. The van der Waals surface area contributed by atoms with E-state index in [1.807, 2.05) is 36.4 Å². The molecule has 144 valence electrons. The summed E-state index contributed by atoms with van der Waals surface area (Å²) in [5.74, 6) is -0.438. The van der Waals surface area contributed by atoms with Gasteiger partial charge in [0, 0.05) is 41.0 Å². The third kappa shape index (κ3) is 2.24. The molecule has 2 aromatic heterocycles. The van der Waals surface area contributed by atoms with Crippen molar-refractivity contribution in [1.82, 2.24) is 15.3 Å². The molecule has 2 N–H and O–H groups in total. The summed E-state index contributed by atoms with van der Waals surface area (Å²) >= 11 is 0. The van der Waals surface area contributed by atoms with Gasteiger partial charge in [-0.2, -0.15) is 0 Å². The summed E-state index contributed by atoms with van der Waals surface area (Å²) in [7, 11) is 0. The highest BCUT2D eigenvalue weighted by Crippen LogP contribution is 2.35. The van der Waals surface area contributed by atoms with Crippen molar-refractivity contribution in [3.8, 4) is 11.1 Å². The lowest BCUT2D eigenvalue weighted by molar-refractivity contribution is 0.0945. The molecule has 6 rings (SSSR count). The minimum absolute atomic E-state index is 0.0469. The van der Waals surface area contributed by atoms with Crippen molar-refractivity contribution in [3.05, 3.63) is 88.4 Å². The number of carbonyl (C=O) groups excluding carboxylic acids is 3. The predicted molar refractivity (Wildman–Crippen MR) is 111 cm³/mol. The Balaban J connectivity index is 1.52. The molecule has 1 amide bonds. The molecule has 0 spiro atoms. The number of fused-ring (bicyclic) bond motifs is 5. The van der Waals surface area contributed by atoms with E-state index in [9.17, 15) is 14.4 Å². The number of aromatic nitrogens is 2. The van der Waals surface area contributed by atoms with Crippen LogP contribution in [0.5, 0.6) is 0 Å². The lowest BCUT2D eigenvalue weighted by Crippen LogP contribution is -2.31. The zero-order valence-electron chi connectivity index (χ0n) is 15.8. The van der Waals surface area contributed by atoms with Gasteiger partial charge >= 0.3 is 0 Å². The van der Waals surface area contributed by atoms with Crippen molar-refractivity contribution >= 4 is 28.4 Å². The molecule has 30 heavy (non-hydrogen) atoms. The fourth-order valence-corrected chi connectivity index (χ4v) is 4.43. The van der Waals surface area contributed by atoms with Crippen molar-refractivity contribution in [2.75, 3.05) is 6.54 Å². The van der Waals surface area contributed by atoms with E-state index in [0.29, 0.717) is 39.9 Å². The zero-order chi connectivity index (χ0) is 20.4. The van der Waals surface area contributed by atoms with Gasteiger partial charge in [0.25, 0.3) is 5.91 Å². The van der Waals surface area contributed by atoms with Gasteiger partial charge in [0.1, 0.15) is 0 Å². The second-order valence-corrected chi connectivity index (χ2v) is 7.59. The smallest absolute Gasteiger partial charge is 0.251 e. The molecule has 3 heterocycles. The summed E-state index contributed by atoms with van der Waals surface area (Å²) in [6, 6.07) is 13.1. The molecule has 6 nitrogen and oxygen atoms in total. The highest BCUT2D eigenvalue weighted by atomic mass is 16.2. The molecule has 0 atom stereocenters. The van der Waals surface area contributed by atoms with Gasteiger partial charge in [-0.15, -0.1) is 0 Å². The van der Waals surface area contributed by atoms with E-state index >= 15 is 0 Å². The Kier molecular flexibility index (Phi) is 3.35. The van der Waals surface area contributed by atoms with Gasteiger partial charge < -0.3 is 10.3 Å². The highest BCUT2D eigenvalue weighted by Gasteiger charge is 2.33. The number of nitrogens with one attached hydrogen (secondary N) is 2. The van der Waals surface area contributed by atoms with Crippen molar-refractivity contribution in [1.29, 1.82) is 0 Å². The number of H-pyrrole nitrogens is 1. The summed E-state index contributed by atoms with van der Waals surface area (Å²) in [6.07, 6.45) is 3.76. The maximum Gasteiger partial charge on any atom is 0.251 e. The maximum atomic E-state index is 13.1.